The number of aryl methyl sites for hydroxylation is 2. The third-order valence-corrected chi connectivity index (χ3v) is 7.01. The molecule has 0 saturated heterocycles. The van der Waals surface area contributed by atoms with Crippen molar-refractivity contribution in [3.05, 3.63) is 94.8 Å². The molecule has 1 saturated carbocycles. The summed E-state index contributed by atoms with van der Waals surface area (Å²) >= 11 is 0. The first kappa shape index (κ1) is 24.5. The van der Waals surface area contributed by atoms with Crippen LogP contribution < -0.4 is 10.2 Å². The molecule has 0 radical (unpaired) electrons. The highest BCUT2D eigenvalue weighted by Crippen LogP contribution is 2.31. The van der Waals surface area contributed by atoms with Gasteiger partial charge in [-0.25, -0.2) is 0 Å². The van der Waals surface area contributed by atoms with Gasteiger partial charge in [0.25, 0.3) is 0 Å². The Kier molecular flexibility index (Phi) is 7.10. The molecule has 5 rings (SSSR count). The summed E-state index contributed by atoms with van der Waals surface area (Å²) < 4.78 is 38.8. The van der Waals surface area contributed by atoms with Crippen molar-refractivity contribution in [2.24, 2.45) is 0 Å². The van der Waals surface area contributed by atoms with Gasteiger partial charge >= 0.3 is 6.18 Å². The van der Waals surface area contributed by atoms with Gasteiger partial charge in [0.1, 0.15) is 11.7 Å². The van der Waals surface area contributed by atoms with Crippen molar-refractivity contribution in [2.75, 3.05) is 11.4 Å². The van der Waals surface area contributed by atoms with Crippen LogP contribution in [-0.4, -0.2) is 23.5 Å². The highest BCUT2D eigenvalue weighted by Gasteiger charge is 2.34. The number of hydrogen-bond donors (Lipinski definition) is 1. The Morgan fingerprint density at radius 2 is 1.75 bits per heavy atom. The van der Waals surface area contributed by atoms with Crippen molar-refractivity contribution in [2.45, 2.75) is 63.2 Å². The van der Waals surface area contributed by atoms with Crippen LogP contribution in [0.4, 0.5) is 18.9 Å². The first-order valence-corrected chi connectivity index (χ1v) is 12.6. The fourth-order valence-electron chi connectivity index (χ4n) is 4.83. The van der Waals surface area contributed by atoms with Crippen molar-refractivity contribution < 1.29 is 18.0 Å². The number of nitrogens with one attached hydrogen (secondary N) is 1. The van der Waals surface area contributed by atoms with E-state index in [-0.39, 0.29) is 5.91 Å². The molecule has 2 aliphatic rings. The SMILES string of the molecule is O=C(C(NC1CC1)c1ccccc1)N(CCc1ccc(C(F)(F)F)nc1)c1ccc2c(c1)CCCC2. The van der Waals surface area contributed by atoms with Gasteiger partial charge in [-0.2, -0.15) is 13.2 Å². The summed E-state index contributed by atoms with van der Waals surface area (Å²) in [7, 11) is 0. The molecule has 1 unspecified atom stereocenters. The van der Waals surface area contributed by atoms with E-state index in [1.54, 1.807) is 4.90 Å². The van der Waals surface area contributed by atoms with Gasteiger partial charge in [0.05, 0.1) is 0 Å². The lowest BCUT2D eigenvalue weighted by atomic mass is 9.91. The minimum absolute atomic E-state index is 0.0521. The topological polar surface area (TPSA) is 45.2 Å². The van der Waals surface area contributed by atoms with E-state index in [9.17, 15) is 18.0 Å². The van der Waals surface area contributed by atoms with Gasteiger partial charge in [-0.1, -0.05) is 42.5 Å². The quantitative estimate of drug-likeness (QED) is 0.416. The molecule has 2 aliphatic carbocycles. The van der Waals surface area contributed by atoms with E-state index in [1.165, 1.54) is 29.8 Å². The molecular weight excluding hydrogens is 463 g/mol. The fraction of sp³-hybridized carbons (Fsp3) is 0.379. The second-order valence-corrected chi connectivity index (χ2v) is 9.73. The molecule has 1 fully saturated rings. The average Bonchev–Trinajstić information content (AvgIpc) is 3.72. The number of rotatable bonds is 8. The van der Waals surface area contributed by atoms with Gasteiger partial charge in [-0.3, -0.25) is 15.1 Å². The van der Waals surface area contributed by atoms with Crippen molar-refractivity contribution in [1.29, 1.82) is 0 Å². The third-order valence-electron chi connectivity index (χ3n) is 7.01. The molecule has 36 heavy (non-hydrogen) atoms. The lowest BCUT2D eigenvalue weighted by Gasteiger charge is -2.30. The molecule has 1 atom stereocenters. The Morgan fingerprint density at radius 1 is 1.00 bits per heavy atom. The van der Waals surface area contributed by atoms with E-state index in [0.29, 0.717) is 24.6 Å². The molecule has 1 heterocycles. The summed E-state index contributed by atoms with van der Waals surface area (Å²) in [5.74, 6) is -0.0521. The minimum Gasteiger partial charge on any atom is -0.310 e. The van der Waals surface area contributed by atoms with Crippen LogP contribution in [0.1, 0.15) is 59.7 Å². The number of alkyl halides is 3. The molecule has 1 N–H and O–H groups in total. The number of nitrogens with zero attached hydrogens (tertiary/aromatic N) is 2. The molecule has 1 aromatic heterocycles. The Morgan fingerprint density at radius 3 is 2.42 bits per heavy atom. The van der Waals surface area contributed by atoms with Gasteiger partial charge in [0.15, 0.2) is 0 Å². The van der Waals surface area contributed by atoms with Crippen LogP contribution in [0.2, 0.25) is 0 Å². The van der Waals surface area contributed by atoms with E-state index in [4.69, 9.17) is 0 Å². The number of aromatic nitrogens is 1. The number of amides is 1. The minimum atomic E-state index is -4.47. The van der Waals surface area contributed by atoms with Crippen LogP contribution in [0, 0.1) is 0 Å². The standard InChI is InChI=1S/C29H30F3N3O/c30-29(31,32)26-15-10-20(19-33-26)16-17-35(25-14-11-21-6-4-5-9-23(21)18-25)28(36)27(34-24-12-13-24)22-7-2-1-3-8-22/h1-3,7-8,10-11,14-15,18-19,24,27,34H,4-6,9,12-13,16-17H2. The van der Waals surface area contributed by atoms with Crippen molar-refractivity contribution in [1.82, 2.24) is 10.3 Å². The van der Waals surface area contributed by atoms with E-state index in [0.717, 1.165) is 49.4 Å². The van der Waals surface area contributed by atoms with Crippen molar-refractivity contribution in [3.8, 4) is 0 Å². The van der Waals surface area contributed by atoms with Gasteiger partial charge in [-0.15, -0.1) is 0 Å². The molecule has 0 aliphatic heterocycles. The number of carbonyl (C=O) groups is 1. The number of pyridine rings is 1. The summed E-state index contributed by atoms with van der Waals surface area (Å²) in [6.07, 6.45) is 3.65. The number of halogens is 3. The molecule has 3 aromatic rings. The maximum Gasteiger partial charge on any atom is 0.433 e. The molecular formula is C29H30F3N3O. The molecule has 1 amide bonds. The number of carbonyl (C=O) groups excluding carboxylic acids is 1. The lowest BCUT2D eigenvalue weighted by molar-refractivity contribution is -0.141. The van der Waals surface area contributed by atoms with Crippen LogP contribution in [0.15, 0.2) is 66.9 Å². The molecule has 0 bridgehead atoms. The third kappa shape index (κ3) is 5.78. The first-order valence-electron chi connectivity index (χ1n) is 12.6. The Balaban J connectivity index is 1.43. The van der Waals surface area contributed by atoms with E-state index in [2.05, 4.69) is 22.4 Å². The maximum absolute atomic E-state index is 14.1. The molecule has 4 nitrogen and oxygen atoms in total. The first-order chi connectivity index (χ1) is 17.4. The normalized spacial score (nSPS) is 16.3. The predicted molar refractivity (Wildman–Crippen MR) is 134 cm³/mol. The lowest BCUT2D eigenvalue weighted by Crippen LogP contribution is -2.43. The highest BCUT2D eigenvalue weighted by atomic mass is 19.4. The highest BCUT2D eigenvalue weighted by molar-refractivity contribution is 5.98. The Bertz CT molecular complexity index is 1190. The van der Waals surface area contributed by atoms with Crippen molar-refractivity contribution >= 4 is 11.6 Å². The van der Waals surface area contributed by atoms with Crippen LogP contribution >= 0.6 is 0 Å². The molecule has 2 aromatic carbocycles. The van der Waals surface area contributed by atoms with E-state index in [1.807, 2.05) is 36.4 Å². The molecule has 188 valence electrons. The summed E-state index contributed by atoms with van der Waals surface area (Å²) in [5.41, 5.74) is 4.10. The number of benzene rings is 2. The van der Waals surface area contributed by atoms with Gasteiger partial charge in [0.2, 0.25) is 5.91 Å². The van der Waals surface area contributed by atoms with Crippen LogP contribution in [0.3, 0.4) is 0 Å². The zero-order chi connectivity index (χ0) is 25.1. The zero-order valence-corrected chi connectivity index (χ0v) is 20.1. The summed E-state index contributed by atoms with van der Waals surface area (Å²) in [4.78, 5) is 19.5. The Labute approximate surface area is 209 Å². The average molecular weight is 494 g/mol. The van der Waals surface area contributed by atoms with Crippen LogP contribution in [0.25, 0.3) is 0 Å². The summed E-state index contributed by atoms with van der Waals surface area (Å²) in [6, 6.07) is 18.3. The number of fused-ring (bicyclic) bond motifs is 1. The smallest absolute Gasteiger partial charge is 0.310 e. The largest absolute Gasteiger partial charge is 0.433 e. The second kappa shape index (κ2) is 10.4. The Hall–Kier alpha value is -3.19. The maximum atomic E-state index is 14.1. The summed E-state index contributed by atoms with van der Waals surface area (Å²) in [5, 5.41) is 3.51. The van der Waals surface area contributed by atoms with Crippen LogP contribution in [-0.2, 0) is 30.2 Å². The number of anilines is 1. The van der Waals surface area contributed by atoms with Crippen LogP contribution in [0.5, 0.6) is 0 Å². The second-order valence-electron chi connectivity index (χ2n) is 9.73. The van der Waals surface area contributed by atoms with Gasteiger partial charge < -0.3 is 4.90 Å². The summed E-state index contributed by atoms with van der Waals surface area (Å²) in [6.45, 7) is 0.348. The van der Waals surface area contributed by atoms with Crippen molar-refractivity contribution in [3.63, 3.8) is 0 Å². The monoisotopic (exact) mass is 493 g/mol. The van der Waals surface area contributed by atoms with E-state index >= 15 is 0 Å². The molecule has 7 heteroatoms. The molecule has 0 spiro atoms. The van der Waals surface area contributed by atoms with Gasteiger partial charge in [-0.05, 0) is 85.4 Å². The van der Waals surface area contributed by atoms with Gasteiger partial charge in [0, 0.05) is 24.5 Å². The number of hydrogen-bond acceptors (Lipinski definition) is 3. The fourth-order valence-corrected chi connectivity index (χ4v) is 4.83. The zero-order valence-electron chi connectivity index (χ0n) is 20.1. The van der Waals surface area contributed by atoms with E-state index < -0.39 is 17.9 Å². The predicted octanol–water partition coefficient (Wildman–Crippen LogP) is 6.05.